The normalized spacial score (nSPS) is 14.9. The minimum Gasteiger partial charge on any atom is -0.355 e. The number of hydrogen-bond acceptors (Lipinski definition) is 5. The predicted octanol–water partition coefficient (Wildman–Crippen LogP) is 0.823. The summed E-state index contributed by atoms with van der Waals surface area (Å²) in [5.41, 5.74) is 0. The second-order valence-electron chi connectivity index (χ2n) is 5.21. The maximum Gasteiger partial charge on any atom is 0.234 e. The molecule has 1 N–H and O–H groups in total. The summed E-state index contributed by atoms with van der Waals surface area (Å²) in [5.74, 6) is 1.98. The predicted molar refractivity (Wildman–Crippen MR) is 81.1 cm³/mol. The second-order valence-corrected chi connectivity index (χ2v) is 6.24. The smallest absolute Gasteiger partial charge is 0.234 e. The van der Waals surface area contributed by atoms with Gasteiger partial charge in [0, 0.05) is 24.5 Å². The summed E-state index contributed by atoms with van der Waals surface area (Å²) in [6.45, 7) is 5.50. The highest BCUT2D eigenvalue weighted by Gasteiger charge is 2.20. The van der Waals surface area contributed by atoms with Crippen molar-refractivity contribution in [1.29, 1.82) is 0 Å². The molecule has 112 valence electrons. The van der Waals surface area contributed by atoms with E-state index in [-0.39, 0.29) is 5.91 Å². The molecule has 0 fully saturated rings. The first-order valence-electron chi connectivity index (χ1n) is 7.12. The van der Waals surface area contributed by atoms with Crippen LogP contribution in [0.2, 0.25) is 0 Å². The molecule has 3 rings (SSSR count). The maximum atomic E-state index is 12.0. The van der Waals surface area contributed by atoms with Gasteiger partial charge in [-0.25, -0.2) is 0 Å². The van der Waals surface area contributed by atoms with E-state index in [0.717, 1.165) is 31.2 Å². The molecule has 1 amide bonds. The van der Waals surface area contributed by atoms with Gasteiger partial charge in [0.25, 0.3) is 0 Å². The van der Waals surface area contributed by atoms with Gasteiger partial charge in [0.15, 0.2) is 0 Å². The van der Waals surface area contributed by atoms with Crippen molar-refractivity contribution < 1.29 is 4.79 Å². The summed E-state index contributed by atoms with van der Waals surface area (Å²) in [4.78, 5) is 15.4. The molecule has 0 radical (unpaired) electrons. The Morgan fingerprint density at radius 1 is 1.43 bits per heavy atom. The van der Waals surface area contributed by atoms with Crippen LogP contribution < -0.4 is 5.32 Å². The van der Waals surface area contributed by atoms with E-state index in [1.54, 1.807) is 11.3 Å². The number of aryl methyl sites for hydroxylation is 1. The van der Waals surface area contributed by atoms with Crippen LogP contribution in [0.1, 0.15) is 16.5 Å². The van der Waals surface area contributed by atoms with E-state index in [9.17, 15) is 4.79 Å². The van der Waals surface area contributed by atoms with Gasteiger partial charge in [0.1, 0.15) is 11.6 Å². The average molecular weight is 305 g/mol. The number of hydrogen-bond donors (Lipinski definition) is 1. The fourth-order valence-corrected chi connectivity index (χ4v) is 3.24. The molecule has 0 spiro atoms. The van der Waals surface area contributed by atoms with Gasteiger partial charge in [-0.3, -0.25) is 9.69 Å². The lowest BCUT2D eigenvalue weighted by Gasteiger charge is -2.26. The molecule has 1 aliphatic heterocycles. The van der Waals surface area contributed by atoms with Crippen molar-refractivity contribution in [3.63, 3.8) is 0 Å². The van der Waals surface area contributed by atoms with E-state index in [1.807, 2.05) is 13.0 Å². The van der Waals surface area contributed by atoms with E-state index in [4.69, 9.17) is 0 Å². The van der Waals surface area contributed by atoms with Crippen LogP contribution in [-0.4, -0.2) is 45.2 Å². The van der Waals surface area contributed by atoms with E-state index < -0.39 is 0 Å². The van der Waals surface area contributed by atoms with Crippen LogP contribution in [-0.2, 0) is 24.3 Å². The number of carbonyl (C=O) groups is 1. The lowest BCUT2D eigenvalue weighted by atomic mass is 10.3. The zero-order chi connectivity index (χ0) is 14.7. The number of thiophene rings is 1. The quantitative estimate of drug-likeness (QED) is 0.888. The Morgan fingerprint density at radius 2 is 2.33 bits per heavy atom. The van der Waals surface area contributed by atoms with Crippen molar-refractivity contribution in [2.45, 2.75) is 26.4 Å². The third kappa shape index (κ3) is 3.48. The molecule has 21 heavy (non-hydrogen) atoms. The van der Waals surface area contributed by atoms with Crippen molar-refractivity contribution >= 4 is 17.2 Å². The SMILES string of the molecule is Cc1nnc2n1CCN(CC(=O)NCCc1cccs1)C2. The molecule has 2 aromatic rings. The molecule has 0 saturated carbocycles. The molecule has 3 heterocycles. The number of nitrogens with one attached hydrogen (secondary N) is 1. The summed E-state index contributed by atoms with van der Waals surface area (Å²) >= 11 is 1.73. The Balaban J connectivity index is 1.43. The van der Waals surface area contributed by atoms with E-state index in [2.05, 4.69) is 36.4 Å². The summed E-state index contributed by atoms with van der Waals surface area (Å²) in [7, 11) is 0. The highest BCUT2D eigenvalue weighted by atomic mass is 32.1. The largest absolute Gasteiger partial charge is 0.355 e. The van der Waals surface area contributed by atoms with E-state index in [1.165, 1.54) is 4.88 Å². The average Bonchev–Trinajstić information content (AvgIpc) is 3.09. The molecule has 0 atom stereocenters. The van der Waals surface area contributed by atoms with Gasteiger partial charge in [-0.2, -0.15) is 0 Å². The van der Waals surface area contributed by atoms with Gasteiger partial charge < -0.3 is 9.88 Å². The van der Waals surface area contributed by atoms with Gasteiger partial charge >= 0.3 is 0 Å². The van der Waals surface area contributed by atoms with Crippen LogP contribution in [0, 0.1) is 6.92 Å². The van der Waals surface area contributed by atoms with Crippen molar-refractivity contribution in [2.24, 2.45) is 0 Å². The van der Waals surface area contributed by atoms with Crippen molar-refractivity contribution in [2.75, 3.05) is 19.6 Å². The standard InChI is InChI=1S/C14H19N5OS/c1-11-16-17-13-9-18(6-7-19(11)13)10-14(20)15-5-4-12-3-2-8-21-12/h2-3,8H,4-7,9-10H2,1H3,(H,15,20). The van der Waals surface area contributed by atoms with Crippen molar-refractivity contribution in [3.8, 4) is 0 Å². The van der Waals surface area contributed by atoms with E-state index in [0.29, 0.717) is 19.6 Å². The third-order valence-corrected chi connectivity index (χ3v) is 4.59. The Morgan fingerprint density at radius 3 is 3.14 bits per heavy atom. The van der Waals surface area contributed by atoms with Crippen LogP contribution in [0.15, 0.2) is 17.5 Å². The van der Waals surface area contributed by atoms with Crippen LogP contribution in [0.5, 0.6) is 0 Å². The lowest BCUT2D eigenvalue weighted by Crippen LogP contribution is -2.42. The summed E-state index contributed by atoms with van der Waals surface area (Å²) in [6.07, 6.45) is 0.900. The molecule has 0 aliphatic carbocycles. The first kappa shape index (κ1) is 14.2. The molecular weight excluding hydrogens is 286 g/mol. The first-order chi connectivity index (χ1) is 10.2. The summed E-state index contributed by atoms with van der Waals surface area (Å²) < 4.78 is 2.12. The van der Waals surface area contributed by atoms with Gasteiger partial charge in [0.05, 0.1) is 13.1 Å². The van der Waals surface area contributed by atoms with Gasteiger partial charge in [-0.1, -0.05) is 6.07 Å². The molecule has 6 nitrogen and oxygen atoms in total. The highest BCUT2D eigenvalue weighted by Crippen LogP contribution is 2.11. The summed E-state index contributed by atoms with van der Waals surface area (Å²) in [6, 6.07) is 4.13. The van der Waals surface area contributed by atoms with Crippen LogP contribution >= 0.6 is 11.3 Å². The van der Waals surface area contributed by atoms with Crippen LogP contribution in [0.3, 0.4) is 0 Å². The zero-order valence-corrected chi connectivity index (χ0v) is 12.9. The Bertz CT molecular complexity index is 607. The molecule has 1 aliphatic rings. The van der Waals surface area contributed by atoms with Gasteiger partial charge in [-0.05, 0) is 24.8 Å². The van der Waals surface area contributed by atoms with Gasteiger partial charge in [0.2, 0.25) is 5.91 Å². The number of aromatic nitrogens is 3. The number of nitrogens with zero attached hydrogens (tertiary/aromatic N) is 4. The molecule has 0 bridgehead atoms. The topological polar surface area (TPSA) is 63.1 Å². The number of carbonyl (C=O) groups excluding carboxylic acids is 1. The third-order valence-electron chi connectivity index (χ3n) is 3.66. The van der Waals surface area contributed by atoms with Gasteiger partial charge in [-0.15, -0.1) is 21.5 Å². The monoisotopic (exact) mass is 305 g/mol. The molecule has 7 heteroatoms. The highest BCUT2D eigenvalue weighted by molar-refractivity contribution is 7.09. The summed E-state index contributed by atoms with van der Waals surface area (Å²) in [5, 5.41) is 13.3. The maximum absolute atomic E-state index is 12.0. The fraction of sp³-hybridized carbons (Fsp3) is 0.500. The minimum atomic E-state index is 0.0799. The Hall–Kier alpha value is -1.73. The second kappa shape index (κ2) is 6.36. The molecule has 0 saturated heterocycles. The number of fused-ring (bicyclic) bond motifs is 1. The van der Waals surface area contributed by atoms with Crippen LogP contribution in [0.4, 0.5) is 0 Å². The number of amides is 1. The molecule has 2 aromatic heterocycles. The van der Waals surface area contributed by atoms with Crippen LogP contribution in [0.25, 0.3) is 0 Å². The van der Waals surface area contributed by atoms with Crippen molar-refractivity contribution in [3.05, 3.63) is 34.0 Å². The lowest BCUT2D eigenvalue weighted by molar-refractivity contribution is -0.122. The molecule has 0 aromatic carbocycles. The van der Waals surface area contributed by atoms with Crippen molar-refractivity contribution in [1.82, 2.24) is 25.0 Å². The fourth-order valence-electron chi connectivity index (χ4n) is 2.53. The van der Waals surface area contributed by atoms with E-state index >= 15 is 0 Å². The first-order valence-corrected chi connectivity index (χ1v) is 8.00. The minimum absolute atomic E-state index is 0.0799. The molecular formula is C14H19N5OS. The molecule has 0 unspecified atom stereocenters. The zero-order valence-electron chi connectivity index (χ0n) is 12.1. The number of rotatable bonds is 5. The Kier molecular flexibility index (Phi) is 4.31. The Labute approximate surface area is 127 Å².